The summed E-state index contributed by atoms with van der Waals surface area (Å²) < 4.78 is 1.35. The summed E-state index contributed by atoms with van der Waals surface area (Å²) >= 11 is 0. The molecule has 0 radical (unpaired) electrons. The number of hydrogen-bond donors (Lipinski definition) is 1. The predicted molar refractivity (Wildman–Crippen MR) is 66.6 cm³/mol. The van der Waals surface area contributed by atoms with Crippen LogP contribution in [0.25, 0.3) is 0 Å². The van der Waals surface area contributed by atoms with Gasteiger partial charge >= 0.3 is 5.95 Å². The van der Waals surface area contributed by atoms with Crippen LogP contribution in [0.2, 0.25) is 0 Å². The lowest BCUT2D eigenvalue weighted by molar-refractivity contribution is -0.394. The van der Waals surface area contributed by atoms with Gasteiger partial charge in [0.1, 0.15) is 12.4 Å². The Hall–Kier alpha value is -2.58. The molecule has 9 heteroatoms. The van der Waals surface area contributed by atoms with Crippen LogP contribution < -0.4 is 5.32 Å². The van der Waals surface area contributed by atoms with Crippen LogP contribution in [-0.2, 0) is 6.54 Å². The van der Waals surface area contributed by atoms with Crippen LogP contribution in [0.15, 0.2) is 18.7 Å². The van der Waals surface area contributed by atoms with E-state index < -0.39 is 10.9 Å². The van der Waals surface area contributed by atoms with Gasteiger partial charge in [0.05, 0.1) is 18.1 Å². The second kappa shape index (κ2) is 5.85. The van der Waals surface area contributed by atoms with Crippen LogP contribution >= 0.6 is 0 Å². The molecular formula is C10H13N7O2. The van der Waals surface area contributed by atoms with Crippen molar-refractivity contribution in [3.8, 4) is 0 Å². The second-order valence-electron chi connectivity index (χ2n) is 3.82. The molecule has 0 aromatic carbocycles. The molecule has 0 spiro atoms. The molecule has 0 saturated heterocycles. The highest BCUT2D eigenvalue weighted by Crippen LogP contribution is 2.04. The van der Waals surface area contributed by atoms with Gasteiger partial charge < -0.3 is 15.4 Å². The van der Waals surface area contributed by atoms with Crippen LogP contribution in [0.1, 0.15) is 19.0 Å². The van der Waals surface area contributed by atoms with Crippen LogP contribution in [0.3, 0.4) is 0 Å². The van der Waals surface area contributed by atoms with Gasteiger partial charge in [-0.3, -0.25) is 4.98 Å². The van der Waals surface area contributed by atoms with Crippen molar-refractivity contribution in [3.63, 3.8) is 0 Å². The van der Waals surface area contributed by atoms with Gasteiger partial charge in [-0.1, -0.05) is 11.9 Å². The highest BCUT2D eigenvalue weighted by Gasteiger charge is 2.13. The standard InChI is InChI=1S/C10H13N7O2/c1-2-3-11-9-5-12-8(4-13-9)6-16-7-14-10(15-16)17(18)19/h4-5,7H,2-3,6H2,1H3,(H,11,13). The van der Waals surface area contributed by atoms with Crippen molar-refractivity contribution in [3.05, 3.63) is 34.5 Å². The Morgan fingerprint density at radius 2 is 2.21 bits per heavy atom. The first-order valence-electron chi connectivity index (χ1n) is 5.77. The molecule has 0 fully saturated rings. The van der Waals surface area contributed by atoms with Crippen LogP contribution in [0.4, 0.5) is 11.8 Å². The maximum atomic E-state index is 10.4. The zero-order valence-electron chi connectivity index (χ0n) is 10.4. The summed E-state index contributed by atoms with van der Waals surface area (Å²) in [6, 6.07) is 0. The Labute approximate surface area is 108 Å². The van der Waals surface area contributed by atoms with Gasteiger partial charge in [-0.2, -0.15) is 4.68 Å². The third-order valence-corrected chi connectivity index (χ3v) is 2.27. The third-order valence-electron chi connectivity index (χ3n) is 2.27. The Balaban J connectivity index is 2.00. The summed E-state index contributed by atoms with van der Waals surface area (Å²) in [7, 11) is 0. The molecule has 1 N–H and O–H groups in total. The van der Waals surface area contributed by atoms with Gasteiger partial charge in [0.2, 0.25) is 6.33 Å². The van der Waals surface area contributed by atoms with E-state index in [1.807, 2.05) is 0 Å². The first kappa shape index (κ1) is 12.9. The molecule has 19 heavy (non-hydrogen) atoms. The van der Waals surface area contributed by atoms with Crippen molar-refractivity contribution in [2.24, 2.45) is 0 Å². The van der Waals surface area contributed by atoms with E-state index in [1.165, 1.54) is 11.0 Å². The number of nitrogens with zero attached hydrogens (tertiary/aromatic N) is 6. The van der Waals surface area contributed by atoms with Crippen LogP contribution in [0.5, 0.6) is 0 Å². The van der Waals surface area contributed by atoms with Crippen LogP contribution in [-0.4, -0.2) is 36.2 Å². The van der Waals surface area contributed by atoms with E-state index in [2.05, 4.69) is 32.3 Å². The molecule has 100 valence electrons. The SMILES string of the molecule is CCCNc1cnc(Cn2cnc([N+](=O)[O-])n2)cn1. The largest absolute Gasteiger partial charge is 0.490 e. The topological polar surface area (TPSA) is 112 Å². The molecule has 2 aromatic heterocycles. The number of nitrogens with one attached hydrogen (secondary N) is 1. The summed E-state index contributed by atoms with van der Waals surface area (Å²) in [6.45, 7) is 3.19. The fraction of sp³-hybridized carbons (Fsp3) is 0.400. The summed E-state index contributed by atoms with van der Waals surface area (Å²) in [5, 5.41) is 17.2. The highest BCUT2D eigenvalue weighted by atomic mass is 16.6. The van der Waals surface area contributed by atoms with Crippen molar-refractivity contribution in [2.45, 2.75) is 19.9 Å². The minimum absolute atomic E-state index is 0.294. The van der Waals surface area contributed by atoms with Gasteiger partial charge in [-0.15, -0.1) is 0 Å². The quantitative estimate of drug-likeness (QED) is 0.607. The summed E-state index contributed by atoms with van der Waals surface area (Å²) in [5.41, 5.74) is 0.654. The van der Waals surface area contributed by atoms with Gasteiger partial charge in [0, 0.05) is 11.6 Å². The first-order valence-corrected chi connectivity index (χ1v) is 5.77. The lowest BCUT2D eigenvalue weighted by Crippen LogP contribution is -2.06. The molecule has 2 heterocycles. The van der Waals surface area contributed by atoms with Gasteiger partial charge in [-0.25, -0.2) is 4.98 Å². The molecule has 0 bridgehead atoms. The molecule has 0 atom stereocenters. The zero-order chi connectivity index (χ0) is 13.7. The molecule has 9 nitrogen and oxygen atoms in total. The normalized spacial score (nSPS) is 10.4. The highest BCUT2D eigenvalue weighted by molar-refractivity contribution is 5.30. The number of anilines is 1. The van der Waals surface area contributed by atoms with E-state index >= 15 is 0 Å². The molecule has 0 aliphatic rings. The summed E-state index contributed by atoms with van der Waals surface area (Å²) in [6.07, 6.45) is 5.52. The Morgan fingerprint density at radius 3 is 2.79 bits per heavy atom. The smallest absolute Gasteiger partial charge is 0.390 e. The summed E-state index contributed by atoms with van der Waals surface area (Å²) in [5.74, 6) is 0.282. The van der Waals surface area contributed by atoms with E-state index in [0.29, 0.717) is 18.1 Å². The lowest BCUT2D eigenvalue weighted by Gasteiger charge is -2.03. The molecular weight excluding hydrogens is 250 g/mol. The lowest BCUT2D eigenvalue weighted by atomic mass is 10.4. The first-order chi connectivity index (χ1) is 9.19. The molecule has 2 rings (SSSR count). The van der Waals surface area contributed by atoms with Crippen molar-refractivity contribution >= 4 is 11.8 Å². The number of aromatic nitrogens is 5. The Bertz CT molecular complexity index is 551. The zero-order valence-corrected chi connectivity index (χ0v) is 10.4. The van der Waals surface area contributed by atoms with Crippen molar-refractivity contribution in [1.29, 1.82) is 0 Å². The minimum Gasteiger partial charge on any atom is -0.390 e. The number of rotatable bonds is 6. The van der Waals surface area contributed by atoms with Crippen LogP contribution in [0, 0.1) is 10.1 Å². The monoisotopic (exact) mass is 263 g/mol. The third kappa shape index (κ3) is 3.44. The van der Waals surface area contributed by atoms with Crippen molar-refractivity contribution in [1.82, 2.24) is 24.7 Å². The van der Waals surface area contributed by atoms with E-state index in [9.17, 15) is 10.1 Å². The number of nitro groups is 1. The van der Waals surface area contributed by atoms with E-state index in [0.717, 1.165) is 13.0 Å². The molecule has 2 aromatic rings. The van der Waals surface area contributed by atoms with Gasteiger partial charge in [0.25, 0.3) is 0 Å². The van der Waals surface area contributed by atoms with Gasteiger partial charge in [-0.05, 0) is 11.3 Å². The minimum atomic E-state index is -0.639. The average molecular weight is 263 g/mol. The molecule has 0 unspecified atom stereocenters. The van der Waals surface area contributed by atoms with E-state index in [1.54, 1.807) is 12.4 Å². The van der Waals surface area contributed by atoms with E-state index in [4.69, 9.17) is 0 Å². The fourth-order valence-corrected chi connectivity index (χ4v) is 1.39. The maximum absolute atomic E-state index is 10.4. The fourth-order valence-electron chi connectivity index (χ4n) is 1.39. The number of hydrogen-bond acceptors (Lipinski definition) is 7. The Morgan fingerprint density at radius 1 is 1.37 bits per heavy atom. The average Bonchev–Trinajstić information content (AvgIpc) is 2.87. The maximum Gasteiger partial charge on any atom is 0.490 e. The van der Waals surface area contributed by atoms with Crippen molar-refractivity contribution < 1.29 is 4.92 Å². The molecule has 0 amide bonds. The molecule has 0 aliphatic heterocycles. The Kier molecular flexibility index (Phi) is 3.96. The predicted octanol–water partition coefficient (Wildman–Crippen LogP) is 0.846. The summed E-state index contributed by atoms with van der Waals surface area (Å²) in [4.78, 5) is 21.7. The molecule has 0 aliphatic carbocycles. The van der Waals surface area contributed by atoms with E-state index in [-0.39, 0.29) is 0 Å². The van der Waals surface area contributed by atoms with Crippen molar-refractivity contribution in [2.75, 3.05) is 11.9 Å². The van der Waals surface area contributed by atoms with Gasteiger partial charge in [0.15, 0.2) is 0 Å². The second-order valence-corrected chi connectivity index (χ2v) is 3.82. The molecule has 0 saturated carbocycles.